The summed E-state index contributed by atoms with van der Waals surface area (Å²) in [5.41, 5.74) is 1.84. The number of hydrogen-bond donors (Lipinski definition) is 0. The van der Waals surface area contributed by atoms with E-state index in [1.807, 2.05) is 58.3 Å². The van der Waals surface area contributed by atoms with Crippen molar-refractivity contribution < 1.29 is 4.79 Å². The van der Waals surface area contributed by atoms with Crippen LogP contribution < -0.4 is 0 Å². The molecule has 1 atom stereocenters. The van der Waals surface area contributed by atoms with E-state index in [0.717, 1.165) is 30.9 Å². The van der Waals surface area contributed by atoms with Crippen molar-refractivity contribution in [2.45, 2.75) is 13.0 Å². The normalized spacial score (nSPS) is 19.7. The van der Waals surface area contributed by atoms with E-state index >= 15 is 0 Å². The monoisotopic (exact) mass is 283 g/mol. The van der Waals surface area contributed by atoms with E-state index in [2.05, 4.69) is 18.9 Å². The SMILES string of the molecule is CC1CN(C(=O)c2ccc(-n3cccc3)cc2)CCN1C. The predicted molar refractivity (Wildman–Crippen MR) is 83.8 cm³/mol. The highest BCUT2D eigenvalue weighted by Gasteiger charge is 2.24. The maximum absolute atomic E-state index is 12.6. The first-order valence-electron chi connectivity index (χ1n) is 7.38. The third-order valence-electron chi connectivity index (χ3n) is 4.26. The number of likely N-dealkylation sites (N-methyl/N-ethyl adjacent to an activating group) is 1. The summed E-state index contributed by atoms with van der Waals surface area (Å²) in [5, 5.41) is 0. The lowest BCUT2D eigenvalue weighted by Crippen LogP contribution is -2.52. The van der Waals surface area contributed by atoms with E-state index in [0.29, 0.717) is 6.04 Å². The van der Waals surface area contributed by atoms with Crippen molar-refractivity contribution in [2.75, 3.05) is 26.7 Å². The maximum Gasteiger partial charge on any atom is 0.253 e. The number of carbonyl (C=O) groups is 1. The molecule has 2 heterocycles. The summed E-state index contributed by atoms with van der Waals surface area (Å²) in [7, 11) is 2.11. The van der Waals surface area contributed by atoms with E-state index in [4.69, 9.17) is 0 Å². The molecule has 1 fully saturated rings. The fourth-order valence-corrected chi connectivity index (χ4v) is 2.70. The van der Waals surface area contributed by atoms with E-state index < -0.39 is 0 Å². The molecular weight excluding hydrogens is 262 g/mol. The van der Waals surface area contributed by atoms with E-state index in [1.165, 1.54) is 0 Å². The van der Waals surface area contributed by atoms with Gasteiger partial charge in [0, 0.05) is 49.3 Å². The molecule has 1 aromatic carbocycles. The van der Waals surface area contributed by atoms with Crippen LogP contribution in [0.4, 0.5) is 0 Å². The van der Waals surface area contributed by atoms with E-state index in [-0.39, 0.29) is 5.91 Å². The molecule has 0 bridgehead atoms. The number of piperazine rings is 1. The predicted octanol–water partition coefficient (Wildman–Crippen LogP) is 2.25. The Kier molecular flexibility index (Phi) is 3.80. The van der Waals surface area contributed by atoms with Crippen LogP contribution >= 0.6 is 0 Å². The molecule has 2 aromatic rings. The molecule has 3 rings (SSSR count). The highest BCUT2D eigenvalue weighted by molar-refractivity contribution is 5.94. The van der Waals surface area contributed by atoms with E-state index in [1.54, 1.807) is 0 Å². The van der Waals surface area contributed by atoms with Gasteiger partial charge in [-0.05, 0) is 50.4 Å². The Balaban J connectivity index is 1.73. The molecule has 1 aliphatic rings. The molecule has 0 aliphatic carbocycles. The molecule has 0 N–H and O–H groups in total. The smallest absolute Gasteiger partial charge is 0.253 e. The van der Waals surface area contributed by atoms with Gasteiger partial charge in [0.1, 0.15) is 0 Å². The Bertz CT molecular complexity index is 603. The second-order valence-electron chi connectivity index (χ2n) is 5.72. The van der Waals surface area contributed by atoms with Crippen molar-refractivity contribution in [3.63, 3.8) is 0 Å². The van der Waals surface area contributed by atoms with Crippen LogP contribution in [0.5, 0.6) is 0 Å². The molecule has 1 aliphatic heterocycles. The molecule has 1 amide bonds. The van der Waals surface area contributed by atoms with Gasteiger partial charge in [0.05, 0.1) is 0 Å². The minimum absolute atomic E-state index is 0.133. The van der Waals surface area contributed by atoms with Gasteiger partial charge in [-0.1, -0.05) is 0 Å². The number of benzene rings is 1. The number of aromatic nitrogens is 1. The standard InChI is InChI=1S/C17H21N3O/c1-14-13-20(12-11-18(14)2)17(21)15-5-7-16(8-6-15)19-9-3-4-10-19/h3-10,14H,11-13H2,1-2H3. The Hall–Kier alpha value is -2.07. The zero-order valence-electron chi connectivity index (χ0n) is 12.6. The Morgan fingerprint density at radius 2 is 1.76 bits per heavy atom. The number of hydrogen-bond acceptors (Lipinski definition) is 2. The van der Waals surface area contributed by atoms with Crippen LogP contribution in [0.3, 0.4) is 0 Å². The van der Waals surface area contributed by atoms with Crippen LogP contribution in [0.15, 0.2) is 48.8 Å². The van der Waals surface area contributed by atoms with Crippen molar-refractivity contribution in [3.05, 3.63) is 54.4 Å². The van der Waals surface area contributed by atoms with Crippen LogP contribution in [0, 0.1) is 0 Å². The zero-order valence-corrected chi connectivity index (χ0v) is 12.6. The van der Waals surface area contributed by atoms with Crippen LogP contribution in [0.25, 0.3) is 5.69 Å². The average Bonchev–Trinajstić information content (AvgIpc) is 3.04. The number of rotatable bonds is 2. The van der Waals surface area contributed by atoms with Gasteiger partial charge in [-0.2, -0.15) is 0 Å². The summed E-state index contributed by atoms with van der Waals surface area (Å²) >= 11 is 0. The lowest BCUT2D eigenvalue weighted by atomic mass is 10.1. The first-order valence-corrected chi connectivity index (χ1v) is 7.38. The Labute approximate surface area is 125 Å². The van der Waals surface area contributed by atoms with Gasteiger partial charge in [-0.25, -0.2) is 0 Å². The molecule has 1 unspecified atom stereocenters. The summed E-state index contributed by atoms with van der Waals surface area (Å²) < 4.78 is 2.03. The highest BCUT2D eigenvalue weighted by Crippen LogP contribution is 2.14. The van der Waals surface area contributed by atoms with Crippen LogP contribution in [-0.2, 0) is 0 Å². The average molecular weight is 283 g/mol. The lowest BCUT2D eigenvalue weighted by Gasteiger charge is -2.37. The molecule has 110 valence electrons. The topological polar surface area (TPSA) is 28.5 Å². The van der Waals surface area contributed by atoms with Crippen molar-refractivity contribution in [2.24, 2.45) is 0 Å². The summed E-state index contributed by atoms with van der Waals surface area (Å²) in [6.45, 7) is 4.71. The van der Waals surface area contributed by atoms with Gasteiger partial charge < -0.3 is 14.4 Å². The lowest BCUT2D eigenvalue weighted by molar-refractivity contribution is 0.0572. The molecular formula is C17H21N3O. The van der Waals surface area contributed by atoms with Gasteiger partial charge in [0.2, 0.25) is 0 Å². The van der Waals surface area contributed by atoms with Gasteiger partial charge in [0.15, 0.2) is 0 Å². The molecule has 1 aromatic heterocycles. The van der Waals surface area contributed by atoms with Gasteiger partial charge in [-0.3, -0.25) is 4.79 Å². The van der Waals surface area contributed by atoms with Gasteiger partial charge in [-0.15, -0.1) is 0 Å². The van der Waals surface area contributed by atoms with Crippen molar-refractivity contribution in [1.82, 2.24) is 14.4 Å². The van der Waals surface area contributed by atoms with E-state index in [9.17, 15) is 4.79 Å². The number of nitrogens with zero attached hydrogens (tertiary/aromatic N) is 3. The first-order chi connectivity index (χ1) is 10.1. The van der Waals surface area contributed by atoms with Crippen molar-refractivity contribution in [3.8, 4) is 5.69 Å². The quantitative estimate of drug-likeness (QED) is 0.846. The molecule has 4 heteroatoms. The van der Waals surface area contributed by atoms with Crippen LogP contribution in [0.2, 0.25) is 0 Å². The number of carbonyl (C=O) groups excluding carboxylic acids is 1. The first kappa shape index (κ1) is 13.9. The third kappa shape index (κ3) is 2.85. The van der Waals surface area contributed by atoms with Gasteiger partial charge >= 0.3 is 0 Å². The summed E-state index contributed by atoms with van der Waals surface area (Å²) in [6, 6.07) is 12.2. The third-order valence-corrected chi connectivity index (χ3v) is 4.26. The summed E-state index contributed by atoms with van der Waals surface area (Å²) in [6.07, 6.45) is 4.00. The van der Waals surface area contributed by atoms with Crippen molar-refractivity contribution >= 4 is 5.91 Å². The fourth-order valence-electron chi connectivity index (χ4n) is 2.70. The molecule has 0 spiro atoms. The summed E-state index contributed by atoms with van der Waals surface area (Å²) in [4.78, 5) is 16.8. The molecule has 1 saturated heterocycles. The minimum Gasteiger partial charge on any atom is -0.336 e. The zero-order chi connectivity index (χ0) is 14.8. The van der Waals surface area contributed by atoms with Crippen LogP contribution in [0.1, 0.15) is 17.3 Å². The Morgan fingerprint density at radius 3 is 2.38 bits per heavy atom. The summed E-state index contributed by atoms with van der Waals surface area (Å²) in [5.74, 6) is 0.133. The Morgan fingerprint density at radius 1 is 1.10 bits per heavy atom. The molecule has 0 radical (unpaired) electrons. The second kappa shape index (κ2) is 5.74. The van der Waals surface area contributed by atoms with Gasteiger partial charge in [0.25, 0.3) is 5.91 Å². The maximum atomic E-state index is 12.6. The fraction of sp³-hybridized carbons (Fsp3) is 0.353. The second-order valence-corrected chi connectivity index (χ2v) is 5.72. The number of amides is 1. The largest absolute Gasteiger partial charge is 0.336 e. The molecule has 21 heavy (non-hydrogen) atoms. The van der Waals surface area contributed by atoms with Crippen molar-refractivity contribution in [1.29, 1.82) is 0 Å². The molecule has 0 saturated carbocycles. The highest BCUT2D eigenvalue weighted by atomic mass is 16.2. The minimum atomic E-state index is 0.133. The van der Waals surface area contributed by atoms with Crippen LogP contribution in [-0.4, -0.2) is 53.0 Å². The molecule has 4 nitrogen and oxygen atoms in total.